The molecule has 0 saturated carbocycles. The summed E-state index contributed by atoms with van der Waals surface area (Å²) in [5.74, 6) is -0.460. The predicted molar refractivity (Wildman–Crippen MR) is 105 cm³/mol. The Hall–Kier alpha value is -1.15. The van der Waals surface area contributed by atoms with E-state index in [2.05, 4.69) is 11.5 Å². The molecular weight excluding hydrogens is 404 g/mol. The van der Waals surface area contributed by atoms with Crippen LogP contribution in [0.25, 0.3) is 0 Å². The lowest BCUT2D eigenvalue weighted by Gasteiger charge is -2.08. The van der Waals surface area contributed by atoms with Crippen molar-refractivity contribution in [2.24, 2.45) is 0 Å². The van der Waals surface area contributed by atoms with Crippen LogP contribution in [0.4, 0.5) is 0 Å². The van der Waals surface area contributed by atoms with E-state index in [1.807, 2.05) is 0 Å². The van der Waals surface area contributed by atoms with Gasteiger partial charge in [-0.2, -0.15) is 0 Å². The Kier molecular flexibility index (Phi) is 24.9. The van der Waals surface area contributed by atoms with Crippen LogP contribution in [0.1, 0.15) is 0 Å². The summed E-state index contributed by atoms with van der Waals surface area (Å²) in [6, 6.07) is 0. The Labute approximate surface area is 178 Å². The average molecular weight is 440 g/mol. The summed E-state index contributed by atoms with van der Waals surface area (Å²) < 4.78 is 41.8. The largest absolute Gasteiger partial charge is 0.460 e. The molecule has 0 fully saturated rings. The number of hydrogen-bond donors (Lipinski definition) is 1. The molecule has 11 nitrogen and oxygen atoms in total. The highest BCUT2D eigenvalue weighted by molar-refractivity contribution is 5.81. The van der Waals surface area contributed by atoms with E-state index in [1.165, 1.54) is 0 Å². The van der Waals surface area contributed by atoms with Crippen LogP contribution in [0.3, 0.4) is 0 Å². The van der Waals surface area contributed by atoms with Gasteiger partial charge in [-0.1, -0.05) is 6.58 Å². The third-order valence-corrected chi connectivity index (χ3v) is 3.19. The summed E-state index contributed by atoms with van der Waals surface area (Å²) in [6.07, 6.45) is 1.11. The zero-order valence-corrected chi connectivity index (χ0v) is 17.6. The third-order valence-electron chi connectivity index (χ3n) is 3.19. The highest BCUT2D eigenvalue weighted by Gasteiger charge is 1.96. The monoisotopic (exact) mass is 440 g/mol. The molecule has 0 spiro atoms. The standard InChI is InChI=1S/C19H36O11/c1-2-19(20)29-17-15-27-13-11-25-9-7-23-5-3-22-4-6-24-8-10-26-12-14-28-16-18-30-21/h2,21H,1,3-18H2. The minimum absolute atomic E-state index is 0.149. The van der Waals surface area contributed by atoms with Crippen molar-refractivity contribution in [3.63, 3.8) is 0 Å². The number of hydrogen-bond acceptors (Lipinski definition) is 11. The average Bonchev–Trinajstić information content (AvgIpc) is 2.76. The van der Waals surface area contributed by atoms with Crippen molar-refractivity contribution in [3.05, 3.63) is 12.7 Å². The molecule has 30 heavy (non-hydrogen) atoms. The fourth-order valence-corrected chi connectivity index (χ4v) is 1.78. The maximum absolute atomic E-state index is 10.8. The number of carbonyl (C=O) groups is 1. The van der Waals surface area contributed by atoms with Gasteiger partial charge < -0.3 is 37.9 Å². The van der Waals surface area contributed by atoms with Gasteiger partial charge in [-0.25, -0.2) is 9.68 Å². The van der Waals surface area contributed by atoms with Crippen LogP contribution in [0.2, 0.25) is 0 Å². The van der Waals surface area contributed by atoms with Gasteiger partial charge in [-0.3, -0.25) is 5.26 Å². The van der Waals surface area contributed by atoms with Crippen LogP contribution in [-0.4, -0.2) is 117 Å². The molecule has 0 aromatic heterocycles. The van der Waals surface area contributed by atoms with Gasteiger partial charge in [0.15, 0.2) is 0 Å². The van der Waals surface area contributed by atoms with E-state index in [-0.39, 0.29) is 13.2 Å². The van der Waals surface area contributed by atoms with Gasteiger partial charge in [0, 0.05) is 6.08 Å². The molecule has 0 aliphatic carbocycles. The van der Waals surface area contributed by atoms with Crippen LogP contribution in [0.5, 0.6) is 0 Å². The zero-order chi connectivity index (χ0) is 22.0. The van der Waals surface area contributed by atoms with E-state index < -0.39 is 5.97 Å². The van der Waals surface area contributed by atoms with E-state index in [0.717, 1.165) is 6.08 Å². The smallest absolute Gasteiger partial charge is 0.330 e. The summed E-state index contributed by atoms with van der Waals surface area (Å²) in [4.78, 5) is 14.6. The van der Waals surface area contributed by atoms with Gasteiger partial charge in [0.1, 0.15) is 13.2 Å². The number of rotatable bonds is 25. The molecule has 0 radical (unpaired) electrons. The molecule has 0 aromatic rings. The van der Waals surface area contributed by atoms with Crippen molar-refractivity contribution in [1.82, 2.24) is 0 Å². The topological polar surface area (TPSA) is 120 Å². The molecule has 0 rings (SSSR count). The van der Waals surface area contributed by atoms with Crippen LogP contribution in [0.15, 0.2) is 12.7 Å². The molecule has 0 heterocycles. The summed E-state index contributed by atoms with van der Waals surface area (Å²) in [5, 5.41) is 8.09. The molecule has 0 aromatic carbocycles. The van der Waals surface area contributed by atoms with Gasteiger partial charge in [0.25, 0.3) is 0 Å². The van der Waals surface area contributed by atoms with E-state index in [0.29, 0.717) is 92.5 Å². The number of esters is 1. The zero-order valence-electron chi connectivity index (χ0n) is 17.6. The lowest BCUT2D eigenvalue weighted by atomic mass is 10.6. The van der Waals surface area contributed by atoms with E-state index in [1.54, 1.807) is 0 Å². The van der Waals surface area contributed by atoms with Crippen molar-refractivity contribution in [1.29, 1.82) is 0 Å². The van der Waals surface area contributed by atoms with E-state index in [4.69, 9.17) is 43.2 Å². The number of ether oxygens (including phenoxy) is 8. The maximum atomic E-state index is 10.8. The Morgan fingerprint density at radius 1 is 0.533 bits per heavy atom. The van der Waals surface area contributed by atoms with Crippen molar-refractivity contribution < 1.29 is 52.8 Å². The molecule has 0 unspecified atom stereocenters. The molecule has 0 aliphatic heterocycles. The van der Waals surface area contributed by atoms with Crippen molar-refractivity contribution in [2.75, 3.05) is 106 Å². The van der Waals surface area contributed by atoms with E-state index >= 15 is 0 Å². The van der Waals surface area contributed by atoms with Crippen molar-refractivity contribution >= 4 is 5.97 Å². The SMILES string of the molecule is C=CC(=O)OCCOCCOCCOCCOCCOCCOCCOCCOO. The lowest BCUT2D eigenvalue weighted by Crippen LogP contribution is -2.15. The van der Waals surface area contributed by atoms with Gasteiger partial charge in [-0.15, -0.1) is 0 Å². The second kappa shape index (κ2) is 25.9. The van der Waals surface area contributed by atoms with Gasteiger partial charge in [-0.05, 0) is 0 Å². The molecule has 0 aliphatic rings. The van der Waals surface area contributed by atoms with Gasteiger partial charge in [0.05, 0.1) is 92.5 Å². The fourth-order valence-electron chi connectivity index (χ4n) is 1.78. The minimum atomic E-state index is -0.460. The molecule has 0 bridgehead atoms. The highest BCUT2D eigenvalue weighted by atomic mass is 17.1. The molecule has 0 atom stereocenters. The first kappa shape index (κ1) is 28.9. The van der Waals surface area contributed by atoms with E-state index in [9.17, 15) is 4.79 Å². The Morgan fingerprint density at radius 2 is 0.800 bits per heavy atom. The Bertz CT molecular complexity index is 368. The van der Waals surface area contributed by atoms with Gasteiger partial charge >= 0.3 is 5.97 Å². The van der Waals surface area contributed by atoms with Crippen LogP contribution >= 0.6 is 0 Å². The van der Waals surface area contributed by atoms with Crippen molar-refractivity contribution in [3.8, 4) is 0 Å². The molecule has 0 amide bonds. The summed E-state index contributed by atoms with van der Waals surface area (Å²) in [7, 11) is 0. The molecule has 0 saturated heterocycles. The molecular formula is C19H36O11. The maximum Gasteiger partial charge on any atom is 0.330 e. The molecule has 1 N–H and O–H groups in total. The highest BCUT2D eigenvalue weighted by Crippen LogP contribution is 1.86. The predicted octanol–water partition coefficient (Wildman–Crippen LogP) is 0.321. The third kappa shape index (κ3) is 24.9. The number of carbonyl (C=O) groups excluding carboxylic acids is 1. The lowest BCUT2D eigenvalue weighted by molar-refractivity contribution is -0.249. The minimum Gasteiger partial charge on any atom is -0.460 e. The Morgan fingerprint density at radius 3 is 1.07 bits per heavy atom. The first-order valence-corrected chi connectivity index (χ1v) is 9.91. The second-order valence-electron chi connectivity index (χ2n) is 5.49. The quantitative estimate of drug-likeness (QED) is 0.0695. The Balaban J connectivity index is 3.02. The van der Waals surface area contributed by atoms with Crippen LogP contribution < -0.4 is 0 Å². The molecule has 178 valence electrons. The second-order valence-corrected chi connectivity index (χ2v) is 5.49. The summed E-state index contributed by atoms with van der Waals surface area (Å²) >= 11 is 0. The summed E-state index contributed by atoms with van der Waals surface area (Å²) in [5.41, 5.74) is 0. The first-order chi connectivity index (χ1) is 14.8. The summed E-state index contributed by atoms with van der Waals surface area (Å²) in [6.45, 7) is 9.95. The fraction of sp³-hybridized carbons (Fsp3) is 0.842. The van der Waals surface area contributed by atoms with Crippen LogP contribution in [-0.2, 0) is 47.6 Å². The molecule has 11 heteroatoms. The van der Waals surface area contributed by atoms with Crippen LogP contribution in [0, 0.1) is 0 Å². The van der Waals surface area contributed by atoms with Gasteiger partial charge in [0.2, 0.25) is 0 Å². The first-order valence-electron chi connectivity index (χ1n) is 9.91. The van der Waals surface area contributed by atoms with Crippen molar-refractivity contribution in [2.45, 2.75) is 0 Å². The normalized spacial score (nSPS) is 11.0.